The maximum Gasteiger partial charge on any atom is 0.266 e. The topological polar surface area (TPSA) is 64.7 Å². The lowest BCUT2D eigenvalue weighted by Crippen LogP contribution is -2.11. The number of aromatic nitrogens is 4. The third-order valence-corrected chi connectivity index (χ3v) is 5.39. The van der Waals surface area contributed by atoms with Gasteiger partial charge < -0.3 is 5.32 Å². The van der Waals surface area contributed by atoms with Crippen molar-refractivity contribution < 1.29 is 4.79 Å². The number of carbonyl (C=O) groups excluding carboxylic acids is 1. The molecule has 0 radical (unpaired) electrons. The van der Waals surface area contributed by atoms with Gasteiger partial charge in [-0.2, -0.15) is 10.2 Å². The van der Waals surface area contributed by atoms with Gasteiger partial charge in [-0.25, -0.2) is 0 Å². The number of amides is 1. The number of thiophene rings is 1. The molecule has 0 bridgehead atoms. The van der Waals surface area contributed by atoms with Crippen molar-refractivity contribution in [1.29, 1.82) is 0 Å². The molecule has 4 rings (SSSR count). The van der Waals surface area contributed by atoms with Crippen molar-refractivity contribution in [3.8, 4) is 0 Å². The predicted molar refractivity (Wildman–Crippen MR) is 111 cm³/mol. The van der Waals surface area contributed by atoms with E-state index in [9.17, 15) is 4.79 Å². The van der Waals surface area contributed by atoms with E-state index in [1.54, 1.807) is 17.1 Å². The van der Waals surface area contributed by atoms with Crippen LogP contribution in [0.15, 0.2) is 60.2 Å². The molecular weight excluding hydrogens is 394 g/mol. The summed E-state index contributed by atoms with van der Waals surface area (Å²) in [5.41, 5.74) is 3.15. The molecule has 0 saturated heterocycles. The molecule has 0 aliphatic carbocycles. The number of aryl methyl sites for hydroxylation is 1. The lowest BCUT2D eigenvalue weighted by atomic mass is 10.2. The zero-order chi connectivity index (χ0) is 19.5. The molecule has 3 aromatic heterocycles. The molecule has 0 atom stereocenters. The molecule has 6 nitrogen and oxygen atoms in total. The van der Waals surface area contributed by atoms with Gasteiger partial charge in [-0.15, -0.1) is 11.3 Å². The fourth-order valence-electron chi connectivity index (χ4n) is 2.86. The maximum absolute atomic E-state index is 12.6. The molecule has 3 heterocycles. The largest absolute Gasteiger partial charge is 0.304 e. The second-order valence-corrected chi connectivity index (χ2v) is 7.79. The fourth-order valence-corrected chi connectivity index (χ4v) is 3.81. The summed E-state index contributed by atoms with van der Waals surface area (Å²) in [5, 5.41) is 14.1. The Balaban J connectivity index is 1.42. The van der Waals surface area contributed by atoms with Crippen molar-refractivity contribution in [3.05, 3.63) is 87.0 Å². The van der Waals surface area contributed by atoms with Crippen LogP contribution < -0.4 is 5.32 Å². The van der Waals surface area contributed by atoms with E-state index >= 15 is 0 Å². The average molecular weight is 412 g/mol. The molecule has 1 N–H and O–H groups in total. The molecule has 0 unspecified atom stereocenters. The minimum atomic E-state index is -0.167. The van der Waals surface area contributed by atoms with E-state index < -0.39 is 0 Å². The zero-order valence-corrected chi connectivity index (χ0v) is 16.7. The number of hydrogen-bond donors (Lipinski definition) is 1. The summed E-state index contributed by atoms with van der Waals surface area (Å²) in [7, 11) is 0. The van der Waals surface area contributed by atoms with Crippen LogP contribution in [0.5, 0.6) is 0 Å². The standard InChI is InChI=1S/C20H18ClN5OS/c1-14-7-19(24-26(14)11-15-5-3-2-4-6-15)23-20(27)18-8-16(13-28-18)10-25-12-17(21)9-22-25/h2-9,12-13H,10-11H2,1H3,(H,23,24,27). The summed E-state index contributed by atoms with van der Waals surface area (Å²) >= 11 is 7.28. The van der Waals surface area contributed by atoms with Crippen LogP contribution in [0.2, 0.25) is 5.02 Å². The summed E-state index contributed by atoms with van der Waals surface area (Å²) in [4.78, 5) is 13.2. The van der Waals surface area contributed by atoms with E-state index in [2.05, 4.69) is 27.6 Å². The van der Waals surface area contributed by atoms with Gasteiger partial charge in [0.15, 0.2) is 5.82 Å². The van der Waals surface area contributed by atoms with E-state index in [-0.39, 0.29) is 5.91 Å². The number of anilines is 1. The van der Waals surface area contributed by atoms with Gasteiger partial charge >= 0.3 is 0 Å². The van der Waals surface area contributed by atoms with E-state index in [4.69, 9.17) is 11.6 Å². The van der Waals surface area contributed by atoms with Gasteiger partial charge in [0.1, 0.15) is 0 Å². The molecule has 4 aromatic rings. The molecule has 0 fully saturated rings. The van der Waals surface area contributed by atoms with Crippen LogP contribution in [0.4, 0.5) is 5.82 Å². The molecular formula is C20H18ClN5OS. The van der Waals surface area contributed by atoms with Crippen molar-refractivity contribution in [2.75, 3.05) is 5.32 Å². The van der Waals surface area contributed by atoms with Crippen molar-refractivity contribution >= 4 is 34.7 Å². The molecule has 1 amide bonds. The quantitative estimate of drug-likeness (QED) is 0.509. The highest BCUT2D eigenvalue weighted by molar-refractivity contribution is 7.12. The number of nitrogens with zero attached hydrogens (tertiary/aromatic N) is 4. The highest BCUT2D eigenvalue weighted by Crippen LogP contribution is 2.19. The van der Waals surface area contributed by atoms with Gasteiger partial charge in [0.2, 0.25) is 0 Å². The summed E-state index contributed by atoms with van der Waals surface area (Å²) in [6.07, 6.45) is 3.34. The third kappa shape index (κ3) is 4.32. The van der Waals surface area contributed by atoms with Crippen molar-refractivity contribution in [3.63, 3.8) is 0 Å². The molecule has 0 saturated carbocycles. The van der Waals surface area contributed by atoms with Gasteiger partial charge in [-0.05, 0) is 29.5 Å². The number of rotatable bonds is 6. The number of benzene rings is 1. The number of hydrogen-bond acceptors (Lipinski definition) is 4. The SMILES string of the molecule is Cc1cc(NC(=O)c2cc(Cn3cc(Cl)cn3)cs2)nn1Cc1ccccc1. The van der Waals surface area contributed by atoms with Crippen LogP contribution in [-0.2, 0) is 13.1 Å². The van der Waals surface area contributed by atoms with E-state index in [0.29, 0.717) is 28.8 Å². The number of carbonyl (C=O) groups is 1. The van der Waals surface area contributed by atoms with Crippen LogP contribution >= 0.6 is 22.9 Å². The summed E-state index contributed by atoms with van der Waals surface area (Å²) in [6, 6.07) is 13.8. The smallest absolute Gasteiger partial charge is 0.266 e. The van der Waals surface area contributed by atoms with Crippen LogP contribution in [0, 0.1) is 6.92 Å². The average Bonchev–Trinajstić information content (AvgIpc) is 3.38. The van der Waals surface area contributed by atoms with Crippen molar-refractivity contribution in [2.45, 2.75) is 20.0 Å². The Morgan fingerprint density at radius 3 is 2.75 bits per heavy atom. The second-order valence-electron chi connectivity index (χ2n) is 6.44. The zero-order valence-electron chi connectivity index (χ0n) is 15.2. The minimum absolute atomic E-state index is 0.167. The molecule has 0 aliphatic rings. The maximum atomic E-state index is 12.6. The van der Waals surface area contributed by atoms with Gasteiger partial charge in [0.05, 0.1) is 29.2 Å². The molecule has 0 spiro atoms. The highest BCUT2D eigenvalue weighted by atomic mass is 35.5. The Bertz CT molecular complexity index is 1100. The predicted octanol–water partition coefficient (Wildman–Crippen LogP) is 4.45. The third-order valence-electron chi connectivity index (χ3n) is 4.22. The first-order chi connectivity index (χ1) is 13.6. The van der Waals surface area contributed by atoms with Crippen LogP contribution in [-0.4, -0.2) is 25.5 Å². The number of nitrogens with one attached hydrogen (secondary N) is 1. The Kier molecular flexibility index (Phi) is 5.27. The highest BCUT2D eigenvalue weighted by Gasteiger charge is 2.13. The van der Waals surface area contributed by atoms with Gasteiger partial charge in [0.25, 0.3) is 5.91 Å². The van der Waals surface area contributed by atoms with Gasteiger partial charge in [-0.1, -0.05) is 41.9 Å². The normalized spacial score (nSPS) is 10.9. The number of halogens is 1. The summed E-state index contributed by atoms with van der Waals surface area (Å²) in [6.45, 7) is 3.21. The molecule has 142 valence electrons. The first-order valence-electron chi connectivity index (χ1n) is 8.72. The second kappa shape index (κ2) is 8.00. The van der Waals surface area contributed by atoms with E-state index in [1.807, 2.05) is 47.3 Å². The van der Waals surface area contributed by atoms with Gasteiger partial charge in [-0.3, -0.25) is 14.2 Å². The Hall–Kier alpha value is -2.90. The molecule has 1 aromatic carbocycles. The van der Waals surface area contributed by atoms with Crippen LogP contribution in [0.1, 0.15) is 26.5 Å². The first kappa shape index (κ1) is 18.5. The summed E-state index contributed by atoms with van der Waals surface area (Å²) < 4.78 is 3.62. The lowest BCUT2D eigenvalue weighted by Gasteiger charge is -2.04. The molecule has 0 aliphatic heterocycles. The van der Waals surface area contributed by atoms with Crippen molar-refractivity contribution in [1.82, 2.24) is 19.6 Å². The fraction of sp³-hybridized carbons (Fsp3) is 0.150. The molecule has 8 heteroatoms. The molecule has 28 heavy (non-hydrogen) atoms. The van der Waals surface area contributed by atoms with Gasteiger partial charge in [0, 0.05) is 18.0 Å². The summed E-state index contributed by atoms with van der Waals surface area (Å²) in [5.74, 6) is 0.381. The monoisotopic (exact) mass is 411 g/mol. The Labute approximate surface area is 171 Å². The first-order valence-corrected chi connectivity index (χ1v) is 9.98. The van der Waals surface area contributed by atoms with Crippen LogP contribution in [0.25, 0.3) is 0 Å². The van der Waals surface area contributed by atoms with E-state index in [1.165, 1.54) is 11.3 Å². The van der Waals surface area contributed by atoms with Crippen LogP contribution in [0.3, 0.4) is 0 Å². The Morgan fingerprint density at radius 2 is 2.00 bits per heavy atom. The Morgan fingerprint density at radius 1 is 1.18 bits per heavy atom. The van der Waals surface area contributed by atoms with Crippen molar-refractivity contribution in [2.24, 2.45) is 0 Å². The lowest BCUT2D eigenvalue weighted by molar-refractivity contribution is 0.103. The minimum Gasteiger partial charge on any atom is -0.304 e. The van der Waals surface area contributed by atoms with E-state index in [0.717, 1.165) is 16.8 Å².